The highest BCUT2D eigenvalue weighted by Gasteiger charge is 2.15. The Morgan fingerprint density at radius 2 is 2.10 bits per heavy atom. The van der Waals surface area contributed by atoms with Crippen LogP contribution in [-0.4, -0.2) is 10.8 Å². The van der Waals surface area contributed by atoms with Crippen LogP contribution in [-0.2, 0) is 0 Å². The van der Waals surface area contributed by atoms with Crippen molar-refractivity contribution in [3.8, 4) is 0 Å². The molecule has 20 heavy (non-hydrogen) atoms. The minimum atomic E-state index is -0.274. The zero-order chi connectivity index (χ0) is 14.4. The Labute approximate surface area is 124 Å². The average molecular weight is 334 g/mol. The lowest BCUT2D eigenvalue weighted by molar-refractivity contribution is 0.0988. The molecule has 0 amide bonds. The van der Waals surface area contributed by atoms with E-state index >= 15 is 0 Å². The van der Waals surface area contributed by atoms with Gasteiger partial charge in [0.2, 0.25) is 0 Å². The van der Waals surface area contributed by atoms with Gasteiger partial charge in [-0.25, -0.2) is 4.39 Å². The molecular formula is C16H13BrFNO. The van der Waals surface area contributed by atoms with Gasteiger partial charge in [-0.2, -0.15) is 0 Å². The third-order valence-electron chi connectivity index (χ3n) is 3.61. The third-order valence-corrected chi connectivity index (χ3v) is 4.38. The number of rotatable bonds is 2. The molecule has 4 heteroatoms. The highest BCUT2D eigenvalue weighted by atomic mass is 79.9. The lowest BCUT2D eigenvalue weighted by Gasteiger charge is -2.01. The summed E-state index contributed by atoms with van der Waals surface area (Å²) in [4.78, 5) is 15.1. The number of benzene rings is 2. The number of nitrogens with one attached hydrogen (secondary N) is 1. The van der Waals surface area contributed by atoms with Crippen molar-refractivity contribution in [2.24, 2.45) is 0 Å². The molecule has 0 spiro atoms. The van der Waals surface area contributed by atoms with Gasteiger partial charge in [0.25, 0.3) is 0 Å². The van der Waals surface area contributed by atoms with Crippen LogP contribution in [0.15, 0.2) is 28.7 Å². The molecule has 0 aliphatic heterocycles. The molecule has 3 rings (SSSR count). The molecule has 1 aromatic heterocycles. The van der Waals surface area contributed by atoms with Crippen molar-refractivity contribution in [2.75, 3.05) is 0 Å². The van der Waals surface area contributed by atoms with Gasteiger partial charge in [-0.1, -0.05) is 19.1 Å². The molecule has 0 aliphatic rings. The molecule has 3 aromatic rings. The van der Waals surface area contributed by atoms with E-state index in [4.69, 9.17) is 0 Å². The fraction of sp³-hybridized carbons (Fsp3) is 0.188. The van der Waals surface area contributed by atoms with Crippen LogP contribution in [0.25, 0.3) is 21.8 Å². The number of carbonyl (C=O) groups excluding carboxylic acids is 1. The first-order valence-corrected chi connectivity index (χ1v) is 7.25. The molecule has 0 unspecified atom stereocenters. The van der Waals surface area contributed by atoms with Gasteiger partial charge in [0.1, 0.15) is 5.82 Å². The largest absolute Gasteiger partial charge is 0.354 e. The number of aromatic amines is 1. The number of halogens is 2. The smallest absolute Gasteiger partial charge is 0.162 e. The lowest BCUT2D eigenvalue weighted by Crippen LogP contribution is -1.95. The van der Waals surface area contributed by atoms with Crippen LogP contribution in [0.4, 0.5) is 4.39 Å². The number of carbonyl (C=O) groups is 1. The monoisotopic (exact) mass is 333 g/mol. The average Bonchev–Trinajstić information content (AvgIpc) is 2.83. The number of Topliss-reactive ketones (excluding diaryl/α,β-unsaturated/α-hetero) is 1. The van der Waals surface area contributed by atoms with Gasteiger partial charge in [0.05, 0.1) is 9.99 Å². The van der Waals surface area contributed by atoms with Gasteiger partial charge in [-0.15, -0.1) is 0 Å². The SMILES string of the molecule is CCC(=O)c1ccc2c(c1)[nH]c1c(C)cc(F)c(Br)c12. The van der Waals surface area contributed by atoms with Crippen molar-refractivity contribution < 1.29 is 9.18 Å². The van der Waals surface area contributed by atoms with E-state index in [2.05, 4.69) is 20.9 Å². The van der Waals surface area contributed by atoms with Gasteiger partial charge < -0.3 is 4.98 Å². The summed E-state index contributed by atoms with van der Waals surface area (Å²) in [7, 11) is 0. The normalized spacial score (nSPS) is 11.4. The first-order valence-electron chi connectivity index (χ1n) is 6.46. The Morgan fingerprint density at radius 1 is 1.35 bits per heavy atom. The Hall–Kier alpha value is -1.68. The van der Waals surface area contributed by atoms with Gasteiger partial charge in [-0.05, 0) is 40.5 Å². The topological polar surface area (TPSA) is 32.9 Å². The van der Waals surface area contributed by atoms with E-state index in [-0.39, 0.29) is 11.6 Å². The van der Waals surface area contributed by atoms with E-state index in [1.165, 1.54) is 6.07 Å². The minimum Gasteiger partial charge on any atom is -0.354 e. The second-order valence-electron chi connectivity index (χ2n) is 4.90. The molecule has 0 aliphatic carbocycles. The Morgan fingerprint density at radius 3 is 2.80 bits per heavy atom. The van der Waals surface area contributed by atoms with Crippen LogP contribution in [0, 0.1) is 12.7 Å². The zero-order valence-corrected chi connectivity index (χ0v) is 12.8. The van der Waals surface area contributed by atoms with Crippen molar-refractivity contribution in [1.82, 2.24) is 4.98 Å². The van der Waals surface area contributed by atoms with E-state index in [0.717, 1.165) is 27.4 Å². The van der Waals surface area contributed by atoms with Gasteiger partial charge in [0.15, 0.2) is 5.78 Å². The predicted octanol–water partition coefficient (Wildman–Crippen LogP) is 5.12. The molecule has 102 valence electrons. The first-order chi connectivity index (χ1) is 9.52. The summed E-state index contributed by atoms with van der Waals surface area (Å²) in [5, 5.41) is 1.75. The van der Waals surface area contributed by atoms with E-state index in [9.17, 15) is 9.18 Å². The number of fused-ring (bicyclic) bond motifs is 3. The summed E-state index contributed by atoms with van der Waals surface area (Å²) < 4.78 is 14.3. The standard InChI is InChI=1S/C16H13BrFNO/c1-3-13(20)9-4-5-10-12(7-9)19-16-8(2)6-11(18)15(17)14(10)16/h4-7,19H,3H2,1-2H3. The molecule has 0 fully saturated rings. The maximum atomic E-state index is 13.9. The van der Waals surface area contributed by atoms with Crippen LogP contribution < -0.4 is 0 Å². The summed E-state index contributed by atoms with van der Waals surface area (Å²) in [6, 6.07) is 7.01. The predicted molar refractivity (Wildman–Crippen MR) is 82.8 cm³/mol. The third kappa shape index (κ3) is 1.86. The highest BCUT2D eigenvalue weighted by molar-refractivity contribution is 9.10. The molecule has 0 radical (unpaired) electrons. The van der Waals surface area contributed by atoms with Crippen molar-refractivity contribution in [3.05, 3.63) is 45.7 Å². The quantitative estimate of drug-likeness (QED) is 0.648. The maximum absolute atomic E-state index is 13.9. The second-order valence-corrected chi connectivity index (χ2v) is 5.69. The molecule has 0 saturated heterocycles. The van der Waals surface area contributed by atoms with E-state index < -0.39 is 0 Å². The molecule has 2 nitrogen and oxygen atoms in total. The van der Waals surface area contributed by atoms with Crippen molar-refractivity contribution in [1.29, 1.82) is 0 Å². The van der Waals surface area contributed by atoms with Gasteiger partial charge in [-0.3, -0.25) is 4.79 Å². The number of aromatic nitrogens is 1. The summed E-state index contributed by atoms with van der Waals surface area (Å²) in [6.45, 7) is 3.71. The van der Waals surface area contributed by atoms with Crippen LogP contribution in [0.1, 0.15) is 29.3 Å². The minimum absolute atomic E-state index is 0.104. The van der Waals surface area contributed by atoms with Crippen molar-refractivity contribution in [3.63, 3.8) is 0 Å². The van der Waals surface area contributed by atoms with E-state index in [1.807, 2.05) is 26.0 Å². The van der Waals surface area contributed by atoms with E-state index in [0.29, 0.717) is 16.5 Å². The van der Waals surface area contributed by atoms with Crippen LogP contribution in [0.2, 0.25) is 0 Å². The van der Waals surface area contributed by atoms with Gasteiger partial charge in [0, 0.05) is 28.3 Å². The number of hydrogen-bond donors (Lipinski definition) is 1. The number of H-pyrrole nitrogens is 1. The Balaban J connectivity index is 2.40. The zero-order valence-electron chi connectivity index (χ0n) is 11.2. The highest BCUT2D eigenvalue weighted by Crippen LogP contribution is 2.35. The summed E-state index contributed by atoms with van der Waals surface area (Å²) in [5.74, 6) is -0.169. The summed E-state index contributed by atoms with van der Waals surface area (Å²) in [6.07, 6.45) is 0.475. The molecular weight excluding hydrogens is 321 g/mol. The van der Waals surface area contributed by atoms with Crippen molar-refractivity contribution >= 4 is 43.5 Å². The fourth-order valence-electron chi connectivity index (χ4n) is 2.54. The number of aryl methyl sites for hydroxylation is 1. The molecule has 0 saturated carbocycles. The molecule has 2 aromatic carbocycles. The Bertz CT molecular complexity index is 851. The fourth-order valence-corrected chi connectivity index (χ4v) is 3.07. The van der Waals surface area contributed by atoms with Gasteiger partial charge >= 0.3 is 0 Å². The van der Waals surface area contributed by atoms with Crippen LogP contribution >= 0.6 is 15.9 Å². The van der Waals surface area contributed by atoms with Crippen molar-refractivity contribution in [2.45, 2.75) is 20.3 Å². The first kappa shape index (κ1) is 13.3. The van der Waals surface area contributed by atoms with Crippen LogP contribution in [0.5, 0.6) is 0 Å². The Kier molecular flexibility index (Phi) is 3.13. The molecule has 0 bridgehead atoms. The van der Waals surface area contributed by atoms with Crippen LogP contribution in [0.3, 0.4) is 0 Å². The molecule has 1 heterocycles. The summed E-state index contributed by atoms with van der Waals surface area (Å²) in [5.41, 5.74) is 3.28. The maximum Gasteiger partial charge on any atom is 0.162 e. The molecule has 1 N–H and O–H groups in total. The second kappa shape index (κ2) is 4.70. The van der Waals surface area contributed by atoms with E-state index in [1.54, 1.807) is 6.07 Å². The molecule has 0 atom stereocenters. The number of ketones is 1. The number of hydrogen-bond acceptors (Lipinski definition) is 1. The summed E-state index contributed by atoms with van der Waals surface area (Å²) >= 11 is 3.31. The lowest BCUT2D eigenvalue weighted by atomic mass is 10.1.